The highest BCUT2D eigenvalue weighted by Gasteiger charge is 2.00. The Bertz CT molecular complexity index is 527. The second-order valence-corrected chi connectivity index (χ2v) is 4.12. The van der Waals surface area contributed by atoms with Crippen LogP contribution in [0.2, 0.25) is 0 Å². The summed E-state index contributed by atoms with van der Waals surface area (Å²) in [4.78, 5) is 6.36. The van der Waals surface area contributed by atoms with Gasteiger partial charge in [-0.3, -0.25) is 0 Å². The van der Waals surface area contributed by atoms with E-state index in [0.29, 0.717) is 0 Å². The number of aromatic nitrogens is 1. The predicted molar refractivity (Wildman–Crippen MR) is 74.7 cm³/mol. The third kappa shape index (κ3) is 2.66. The molecule has 1 aromatic carbocycles. The van der Waals surface area contributed by atoms with Gasteiger partial charge in [0.25, 0.3) is 0 Å². The van der Waals surface area contributed by atoms with Crippen molar-refractivity contribution in [3.05, 3.63) is 48.2 Å². The Morgan fingerprint density at radius 3 is 2.22 bits per heavy atom. The third-order valence-corrected chi connectivity index (χ3v) is 2.62. The van der Waals surface area contributed by atoms with E-state index in [2.05, 4.69) is 22.4 Å². The summed E-state index contributed by atoms with van der Waals surface area (Å²) in [7, 11) is 3.94. The molecule has 0 spiro atoms. The quantitative estimate of drug-likeness (QED) is 0.506. The molecule has 4 nitrogen and oxygen atoms in total. The van der Waals surface area contributed by atoms with E-state index in [-0.39, 0.29) is 0 Å². The van der Waals surface area contributed by atoms with Crippen molar-refractivity contribution >= 4 is 12.0 Å². The summed E-state index contributed by atoms with van der Waals surface area (Å²) in [6.45, 7) is 0. The number of hydrazone groups is 1. The highest BCUT2D eigenvalue weighted by Crippen LogP contribution is 2.20. The van der Waals surface area contributed by atoms with Crippen molar-refractivity contribution in [2.24, 2.45) is 10.9 Å². The van der Waals surface area contributed by atoms with Crippen LogP contribution in [0.5, 0.6) is 0 Å². The molecule has 0 fully saturated rings. The standard InChI is InChI=1S/C14H15N4/c1-18(2)14-8-7-13(10-16-14)12-5-3-11(4-6-12)9-17-15/h3-8,10H,15H2,1-2H3. The van der Waals surface area contributed by atoms with Crippen LogP contribution in [0.1, 0.15) is 5.56 Å². The Kier molecular flexibility index (Phi) is 3.57. The molecule has 0 saturated heterocycles. The number of rotatable bonds is 3. The average molecular weight is 239 g/mol. The maximum atomic E-state index is 5.05. The molecule has 0 atom stereocenters. The van der Waals surface area contributed by atoms with Crippen LogP contribution in [0.15, 0.2) is 47.7 Å². The summed E-state index contributed by atoms with van der Waals surface area (Å²) in [6, 6.07) is 11.9. The molecule has 4 heteroatoms. The fourth-order valence-electron chi connectivity index (χ4n) is 1.63. The molecule has 0 aliphatic carbocycles. The summed E-state index contributed by atoms with van der Waals surface area (Å²) in [5.41, 5.74) is 3.05. The molecule has 1 radical (unpaired) electrons. The van der Waals surface area contributed by atoms with Crippen molar-refractivity contribution in [3.8, 4) is 11.1 Å². The number of hydrogen-bond acceptors (Lipinski definition) is 4. The molecule has 91 valence electrons. The van der Waals surface area contributed by atoms with E-state index in [1.807, 2.05) is 55.5 Å². The highest BCUT2D eigenvalue weighted by molar-refractivity contribution is 5.80. The van der Waals surface area contributed by atoms with Crippen LogP contribution < -0.4 is 10.7 Å². The lowest BCUT2D eigenvalue weighted by Crippen LogP contribution is -2.09. The van der Waals surface area contributed by atoms with E-state index in [9.17, 15) is 0 Å². The molecule has 1 aromatic heterocycles. The number of nitrogens with zero attached hydrogens (tertiary/aromatic N) is 3. The van der Waals surface area contributed by atoms with E-state index in [1.54, 1.807) is 0 Å². The van der Waals surface area contributed by atoms with Crippen molar-refractivity contribution in [1.82, 2.24) is 4.98 Å². The van der Waals surface area contributed by atoms with Crippen LogP contribution in [-0.4, -0.2) is 25.3 Å². The molecule has 2 aromatic rings. The molecule has 18 heavy (non-hydrogen) atoms. The molecule has 0 saturated carbocycles. The van der Waals surface area contributed by atoms with Gasteiger partial charge in [0, 0.05) is 31.4 Å². The van der Waals surface area contributed by atoms with E-state index in [0.717, 1.165) is 22.5 Å². The van der Waals surface area contributed by atoms with Gasteiger partial charge >= 0.3 is 0 Å². The van der Waals surface area contributed by atoms with Gasteiger partial charge in [-0.25, -0.2) is 4.98 Å². The topological polar surface area (TPSA) is 54.5 Å². The lowest BCUT2D eigenvalue weighted by Gasteiger charge is -2.11. The summed E-state index contributed by atoms with van der Waals surface area (Å²) in [6.07, 6.45) is 4.56. The number of benzene rings is 1. The van der Waals surface area contributed by atoms with Gasteiger partial charge in [0.05, 0.1) is 0 Å². The fraction of sp³-hybridized carbons (Fsp3) is 0.143. The van der Waals surface area contributed by atoms with Gasteiger partial charge in [-0.15, -0.1) is 0 Å². The first-order chi connectivity index (χ1) is 8.70. The van der Waals surface area contributed by atoms with Gasteiger partial charge < -0.3 is 10.7 Å². The fourth-order valence-corrected chi connectivity index (χ4v) is 1.63. The molecule has 1 heterocycles. The molecular weight excluding hydrogens is 224 g/mol. The Morgan fingerprint density at radius 2 is 1.72 bits per heavy atom. The van der Waals surface area contributed by atoms with Crippen molar-refractivity contribution in [2.45, 2.75) is 0 Å². The number of hydrogen-bond donors (Lipinski definition) is 1. The molecule has 0 unspecified atom stereocenters. The zero-order valence-electron chi connectivity index (χ0n) is 10.5. The SMILES string of the molecule is CN(C)c1ccc(-c2ccc(/[C]=N/N)cc2)cn1. The second-order valence-electron chi connectivity index (χ2n) is 4.12. The van der Waals surface area contributed by atoms with Crippen LogP contribution in [0.25, 0.3) is 11.1 Å². The Morgan fingerprint density at radius 1 is 1.06 bits per heavy atom. The van der Waals surface area contributed by atoms with E-state index < -0.39 is 0 Å². The number of nitrogens with two attached hydrogens (primary N) is 1. The Balaban J connectivity index is 2.25. The van der Waals surface area contributed by atoms with Crippen molar-refractivity contribution in [1.29, 1.82) is 0 Å². The van der Waals surface area contributed by atoms with Gasteiger partial charge in [-0.2, -0.15) is 5.10 Å². The summed E-state index contributed by atoms with van der Waals surface area (Å²) in [5.74, 6) is 6.00. The van der Waals surface area contributed by atoms with Crippen molar-refractivity contribution in [3.63, 3.8) is 0 Å². The molecule has 2 N–H and O–H groups in total. The minimum Gasteiger partial charge on any atom is -0.363 e. The van der Waals surface area contributed by atoms with Crippen LogP contribution in [0.4, 0.5) is 5.82 Å². The van der Waals surface area contributed by atoms with Crippen LogP contribution in [-0.2, 0) is 0 Å². The van der Waals surface area contributed by atoms with Crippen LogP contribution >= 0.6 is 0 Å². The average Bonchev–Trinajstić information content (AvgIpc) is 2.40. The maximum absolute atomic E-state index is 5.05. The first kappa shape index (κ1) is 12.1. The van der Waals surface area contributed by atoms with E-state index in [4.69, 9.17) is 5.84 Å². The van der Waals surface area contributed by atoms with Crippen LogP contribution in [0.3, 0.4) is 0 Å². The largest absolute Gasteiger partial charge is 0.363 e. The van der Waals surface area contributed by atoms with E-state index >= 15 is 0 Å². The lowest BCUT2D eigenvalue weighted by molar-refractivity contribution is 1.07. The number of anilines is 1. The van der Waals surface area contributed by atoms with Gasteiger partial charge in [-0.1, -0.05) is 24.3 Å². The van der Waals surface area contributed by atoms with Crippen molar-refractivity contribution < 1.29 is 0 Å². The predicted octanol–water partition coefficient (Wildman–Crippen LogP) is 1.98. The minimum absolute atomic E-state index is 0.860. The molecule has 0 aliphatic heterocycles. The summed E-state index contributed by atoms with van der Waals surface area (Å²) >= 11 is 0. The molecule has 0 aliphatic rings. The maximum Gasteiger partial charge on any atom is 0.127 e. The molecular formula is C14H15N4. The van der Waals surface area contributed by atoms with Gasteiger partial charge in [0.1, 0.15) is 12.0 Å². The molecule has 2 rings (SSSR count). The first-order valence-electron chi connectivity index (χ1n) is 5.60. The Labute approximate surface area is 107 Å². The summed E-state index contributed by atoms with van der Waals surface area (Å²) < 4.78 is 0. The first-order valence-corrected chi connectivity index (χ1v) is 5.60. The lowest BCUT2D eigenvalue weighted by atomic mass is 10.1. The van der Waals surface area contributed by atoms with E-state index in [1.165, 1.54) is 0 Å². The van der Waals surface area contributed by atoms with Gasteiger partial charge in [-0.05, 0) is 17.7 Å². The Hall–Kier alpha value is -2.36. The smallest absolute Gasteiger partial charge is 0.127 e. The number of pyridine rings is 1. The minimum atomic E-state index is 0.860. The monoisotopic (exact) mass is 239 g/mol. The van der Waals surface area contributed by atoms with Crippen molar-refractivity contribution in [2.75, 3.05) is 19.0 Å². The normalized spacial score (nSPS) is 10.8. The van der Waals surface area contributed by atoms with Gasteiger partial charge in [0.2, 0.25) is 0 Å². The zero-order chi connectivity index (χ0) is 13.0. The highest BCUT2D eigenvalue weighted by atomic mass is 15.1. The molecule has 0 bridgehead atoms. The third-order valence-electron chi connectivity index (χ3n) is 2.62. The summed E-state index contributed by atoms with van der Waals surface area (Å²) in [5, 5.41) is 3.37. The molecule has 0 amide bonds. The zero-order valence-corrected chi connectivity index (χ0v) is 10.5. The van der Waals surface area contributed by atoms with Gasteiger partial charge in [0.15, 0.2) is 0 Å². The van der Waals surface area contributed by atoms with Crippen LogP contribution in [0, 0.1) is 0 Å². The second kappa shape index (κ2) is 5.31.